The highest BCUT2D eigenvalue weighted by Gasteiger charge is 2.24. The van der Waals surface area contributed by atoms with Crippen molar-refractivity contribution in [3.05, 3.63) is 29.8 Å². The summed E-state index contributed by atoms with van der Waals surface area (Å²) in [6, 6.07) is 7.65. The van der Waals surface area contributed by atoms with Gasteiger partial charge in [0, 0.05) is 30.7 Å². The summed E-state index contributed by atoms with van der Waals surface area (Å²) < 4.78 is 0. The summed E-state index contributed by atoms with van der Waals surface area (Å²) in [5.74, 6) is 0.233. The lowest BCUT2D eigenvalue weighted by Crippen LogP contribution is -2.48. The average molecular weight is 337 g/mol. The van der Waals surface area contributed by atoms with E-state index in [-0.39, 0.29) is 37.4 Å². The lowest BCUT2D eigenvalue weighted by atomic mass is 10.0. The highest BCUT2D eigenvalue weighted by atomic mass is 32.1. The fraction of sp³-hybridized carbons (Fsp3) is 0.529. The van der Waals surface area contributed by atoms with Gasteiger partial charge in [0.15, 0.2) is 0 Å². The Balaban J connectivity index is 0.00000264. The first-order valence-electron chi connectivity index (χ1n) is 7.88. The number of urea groups is 1. The molecule has 0 radical (unpaired) electrons. The fourth-order valence-electron chi connectivity index (χ4n) is 2.60. The predicted molar refractivity (Wildman–Crippen MR) is 98.2 cm³/mol. The van der Waals surface area contributed by atoms with Gasteiger partial charge in [-0.05, 0) is 31.9 Å². The molecule has 1 aliphatic heterocycles. The van der Waals surface area contributed by atoms with Gasteiger partial charge in [0.05, 0.1) is 0 Å². The molecule has 5 nitrogen and oxygen atoms in total. The number of benzene rings is 1. The molecule has 1 aromatic rings. The molecular weight excluding hydrogens is 310 g/mol. The van der Waals surface area contributed by atoms with Crippen molar-refractivity contribution in [2.75, 3.05) is 18.4 Å². The zero-order valence-corrected chi connectivity index (χ0v) is 15.1. The van der Waals surface area contributed by atoms with Gasteiger partial charge in [0.25, 0.3) is 0 Å². The van der Waals surface area contributed by atoms with Crippen LogP contribution < -0.4 is 10.6 Å². The summed E-state index contributed by atoms with van der Waals surface area (Å²) in [6.45, 7) is 7.28. The van der Waals surface area contributed by atoms with E-state index < -0.39 is 0 Å². The van der Waals surface area contributed by atoms with E-state index in [1.807, 2.05) is 49.9 Å². The number of aryl methyl sites for hydroxylation is 1. The van der Waals surface area contributed by atoms with Gasteiger partial charge in [-0.2, -0.15) is 13.5 Å². The molecule has 0 aliphatic carbocycles. The van der Waals surface area contributed by atoms with Gasteiger partial charge in [0.1, 0.15) is 0 Å². The molecule has 0 bridgehead atoms. The minimum Gasteiger partial charge on any atom is -0.342 e. The minimum absolute atomic E-state index is 0. The Labute approximate surface area is 145 Å². The molecule has 0 unspecified atom stereocenters. The maximum atomic E-state index is 12.0. The number of rotatable bonds is 3. The van der Waals surface area contributed by atoms with Crippen LogP contribution in [0.15, 0.2) is 24.3 Å². The van der Waals surface area contributed by atoms with Crippen molar-refractivity contribution in [3.63, 3.8) is 0 Å². The zero-order valence-electron chi connectivity index (χ0n) is 14.1. The number of anilines is 1. The van der Waals surface area contributed by atoms with E-state index in [4.69, 9.17) is 0 Å². The van der Waals surface area contributed by atoms with Crippen LogP contribution in [0.5, 0.6) is 0 Å². The van der Waals surface area contributed by atoms with Crippen molar-refractivity contribution >= 4 is 31.1 Å². The number of carbonyl (C=O) groups is 2. The molecule has 1 aromatic carbocycles. The van der Waals surface area contributed by atoms with Crippen molar-refractivity contribution in [1.29, 1.82) is 0 Å². The lowest BCUT2D eigenvalue weighted by molar-refractivity contribution is -0.135. The van der Waals surface area contributed by atoms with Crippen LogP contribution in [-0.4, -0.2) is 36.0 Å². The number of nitrogens with one attached hydrogen (secondary N) is 2. The number of carbonyl (C=O) groups excluding carboxylic acids is 2. The van der Waals surface area contributed by atoms with Crippen molar-refractivity contribution < 1.29 is 9.59 Å². The van der Waals surface area contributed by atoms with Gasteiger partial charge in [0.2, 0.25) is 5.91 Å². The molecule has 23 heavy (non-hydrogen) atoms. The van der Waals surface area contributed by atoms with E-state index in [2.05, 4.69) is 10.6 Å². The predicted octanol–water partition coefficient (Wildman–Crippen LogP) is 2.88. The third-order valence-electron chi connectivity index (χ3n) is 3.95. The first-order chi connectivity index (χ1) is 10.5. The fourth-order valence-corrected chi connectivity index (χ4v) is 2.60. The number of likely N-dealkylation sites (tertiary alicyclic amines) is 1. The van der Waals surface area contributed by atoms with Crippen molar-refractivity contribution in [2.45, 2.75) is 39.7 Å². The summed E-state index contributed by atoms with van der Waals surface area (Å²) in [5, 5.41) is 5.82. The van der Waals surface area contributed by atoms with Gasteiger partial charge in [-0.25, -0.2) is 4.79 Å². The number of hydrogen-bond donors (Lipinski definition) is 2. The van der Waals surface area contributed by atoms with E-state index >= 15 is 0 Å². The van der Waals surface area contributed by atoms with Crippen LogP contribution in [0, 0.1) is 12.8 Å². The Morgan fingerprint density at radius 2 is 1.70 bits per heavy atom. The van der Waals surface area contributed by atoms with E-state index in [1.165, 1.54) is 0 Å². The molecule has 1 saturated heterocycles. The topological polar surface area (TPSA) is 61.4 Å². The van der Waals surface area contributed by atoms with Crippen molar-refractivity contribution in [1.82, 2.24) is 10.2 Å². The Bertz CT molecular complexity index is 523. The highest BCUT2D eigenvalue weighted by Crippen LogP contribution is 2.14. The Hall–Kier alpha value is -1.69. The van der Waals surface area contributed by atoms with Gasteiger partial charge in [-0.1, -0.05) is 31.5 Å². The van der Waals surface area contributed by atoms with Crippen LogP contribution in [0.1, 0.15) is 32.3 Å². The second-order valence-corrected chi connectivity index (χ2v) is 6.22. The third kappa shape index (κ3) is 5.78. The summed E-state index contributed by atoms with van der Waals surface area (Å²) in [7, 11) is 0. The smallest absolute Gasteiger partial charge is 0.319 e. The lowest BCUT2D eigenvalue weighted by Gasteiger charge is -2.33. The summed E-state index contributed by atoms with van der Waals surface area (Å²) in [6.07, 6.45) is 1.61. The van der Waals surface area contributed by atoms with Crippen LogP contribution in [0.3, 0.4) is 0 Å². The molecule has 1 fully saturated rings. The average Bonchev–Trinajstić information content (AvgIpc) is 2.49. The number of piperidine rings is 1. The van der Waals surface area contributed by atoms with Crippen molar-refractivity contribution in [3.8, 4) is 0 Å². The van der Waals surface area contributed by atoms with E-state index in [0.717, 1.165) is 24.1 Å². The Morgan fingerprint density at radius 1 is 1.13 bits per heavy atom. The van der Waals surface area contributed by atoms with Crippen LogP contribution in [-0.2, 0) is 4.79 Å². The Morgan fingerprint density at radius 3 is 2.22 bits per heavy atom. The monoisotopic (exact) mass is 337 g/mol. The van der Waals surface area contributed by atoms with Gasteiger partial charge < -0.3 is 15.5 Å². The second-order valence-electron chi connectivity index (χ2n) is 6.22. The Kier molecular flexibility index (Phi) is 7.42. The van der Waals surface area contributed by atoms with E-state index in [0.29, 0.717) is 13.1 Å². The molecule has 1 heterocycles. The van der Waals surface area contributed by atoms with E-state index in [1.54, 1.807) is 0 Å². The van der Waals surface area contributed by atoms with Gasteiger partial charge in [-0.15, -0.1) is 0 Å². The molecule has 1 aliphatic rings. The van der Waals surface area contributed by atoms with Crippen molar-refractivity contribution in [2.24, 2.45) is 5.92 Å². The van der Waals surface area contributed by atoms with Gasteiger partial charge in [-0.3, -0.25) is 4.79 Å². The standard InChI is InChI=1S/C17H25N3O2.H2S/c1-12(2)16(21)20-10-8-15(9-11-20)19-17(22)18-14-6-4-13(3)5-7-14;/h4-7,12,15H,8-11H2,1-3H3,(H2,18,19,22);1H2. The maximum Gasteiger partial charge on any atom is 0.319 e. The first-order valence-corrected chi connectivity index (χ1v) is 7.88. The highest BCUT2D eigenvalue weighted by molar-refractivity contribution is 7.59. The molecule has 0 saturated carbocycles. The largest absolute Gasteiger partial charge is 0.342 e. The number of amides is 3. The molecule has 0 aromatic heterocycles. The molecule has 3 amide bonds. The molecule has 6 heteroatoms. The molecule has 0 spiro atoms. The molecule has 0 atom stereocenters. The SMILES string of the molecule is Cc1ccc(NC(=O)NC2CCN(C(=O)C(C)C)CC2)cc1.S. The van der Waals surface area contributed by atoms with Crippen LogP contribution in [0.25, 0.3) is 0 Å². The molecule has 2 rings (SSSR count). The first kappa shape index (κ1) is 19.4. The molecular formula is C17H27N3O2S. The van der Waals surface area contributed by atoms with E-state index in [9.17, 15) is 9.59 Å². The molecule has 2 N–H and O–H groups in total. The minimum atomic E-state index is -0.183. The summed E-state index contributed by atoms with van der Waals surface area (Å²) >= 11 is 0. The quantitative estimate of drug-likeness (QED) is 0.891. The van der Waals surface area contributed by atoms with Crippen LogP contribution in [0.4, 0.5) is 10.5 Å². The summed E-state index contributed by atoms with van der Waals surface area (Å²) in [5.41, 5.74) is 1.95. The third-order valence-corrected chi connectivity index (χ3v) is 3.95. The number of hydrogen-bond acceptors (Lipinski definition) is 2. The normalized spacial score (nSPS) is 15.0. The van der Waals surface area contributed by atoms with Crippen LogP contribution >= 0.6 is 13.5 Å². The maximum absolute atomic E-state index is 12.0. The number of nitrogens with zero attached hydrogens (tertiary/aromatic N) is 1. The second kappa shape index (κ2) is 8.82. The zero-order chi connectivity index (χ0) is 16.1. The molecule has 128 valence electrons. The summed E-state index contributed by atoms with van der Waals surface area (Å²) in [4.78, 5) is 25.8. The van der Waals surface area contributed by atoms with Crippen LogP contribution in [0.2, 0.25) is 0 Å². The van der Waals surface area contributed by atoms with Gasteiger partial charge >= 0.3 is 6.03 Å².